The molecule has 1 heterocycles. The topological polar surface area (TPSA) is 100 Å². The molecule has 7 heteroatoms. The largest absolute Gasteiger partial charge is 0.476 e. The van der Waals surface area contributed by atoms with E-state index in [1.165, 1.54) is 6.20 Å². The first-order valence-corrected chi connectivity index (χ1v) is 5.46. The van der Waals surface area contributed by atoms with Crippen molar-refractivity contribution in [2.45, 2.75) is 0 Å². The number of hydrogen-bond acceptors (Lipinski definition) is 4. The summed E-state index contributed by atoms with van der Waals surface area (Å²) < 4.78 is 0. The second-order valence-corrected chi connectivity index (χ2v) is 4.01. The number of carboxylic acids is 2. The van der Waals surface area contributed by atoms with E-state index < -0.39 is 23.3 Å². The number of hydrogen-bond donors (Lipinski definition) is 2. The van der Waals surface area contributed by atoms with Gasteiger partial charge in [0.2, 0.25) is 0 Å². The van der Waals surface area contributed by atoms with Crippen LogP contribution in [-0.2, 0) is 0 Å². The van der Waals surface area contributed by atoms with E-state index in [1.807, 2.05) is 0 Å². The standard InChI is InChI=1S/C12H7ClN2O4/c13-7-3-1-2-6(4-7)8-5-14-9(11(16)17)10(15-8)12(18)19/h1-5H,(H,16,17)(H,18,19). The number of rotatable bonds is 3. The highest BCUT2D eigenvalue weighted by Gasteiger charge is 2.20. The molecule has 0 radical (unpaired) electrons. The summed E-state index contributed by atoms with van der Waals surface area (Å²) in [5.41, 5.74) is -0.410. The van der Waals surface area contributed by atoms with Gasteiger partial charge in [-0.05, 0) is 12.1 Å². The van der Waals surface area contributed by atoms with Gasteiger partial charge in [-0.25, -0.2) is 19.6 Å². The number of carboxylic acid groups (broad SMARTS) is 2. The predicted octanol–water partition coefficient (Wildman–Crippen LogP) is 2.19. The molecule has 0 aliphatic heterocycles. The fraction of sp³-hybridized carbons (Fsp3) is 0. The van der Waals surface area contributed by atoms with Crippen LogP contribution in [0.2, 0.25) is 5.02 Å². The van der Waals surface area contributed by atoms with Crippen molar-refractivity contribution in [1.82, 2.24) is 9.97 Å². The van der Waals surface area contributed by atoms with Gasteiger partial charge in [-0.3, -0.25) is 0 Å². The minimum absolute atomic E-state index is 0.241. The van der Waals surface area contributed by atoms with Crippen molar-refractivity contribution < 1.29 is 19.8 Å². The third-order valence-corrected chi connectivity index (χ3v) is 2.53. The SMILES string of the molecule is O=C(O)c1ncc(-c2cccc(Cl)c2)nc1C(=O)O. The average molecular weight is 279 g/mol. The van der Waals surface area contributed by atoms with Crippen molar-refractivity contribution in [2.75, 3.05) is 0 Å². The Morgan fingerprint density at radius 2 is 1.79 bits per heavy atom. The molecule has 2 rings (SSSR count). The van der Waals surface area contributed by atoms with Gasteiger partial charge < -0.3 is 10.2 Å². The molecule has 1 aromatic carbocycles. The highest BCUT2D eigenvalue weighted by molar-refractivity contribution is 6.30. The van der Waals surface area contributed by atoms with E-state index in [4.69, 9.17) is 21.8 Å². The Bertz CT molecular complexity index is 673. The van der Waals surface area contributed by atoms with E-state index in [0.29, 0.717) is 10.6 Å². The van der Waals surface area contributed by atoms with Crippen LogP contribution in [-0.4, -0.2) is 32.1 Å². The van der Waals surface area contributed by atoms with Gasteiger partial charge in [0.1, 0.15) is 0 Å². The first-order valence-electron chi connectivity index (χ1n) is 5.08. The molecule has 0 spiro atoms. The molecule has 0 bridgehead atoms. The van der Waals surface area contributed by atoms with Crippen molar-refractivity contribution in [1.29, 1.82) is 0 Å². The van der Waals surface area contributed by atoms with E-state index in [0.717, 1.165) is 0 Å². The Kier molecular flexibility index (Phi) is 3.43. The van der Waals surface area contributed by atoms with Gasteiger partial charge in [0.25, 0.3) is 0 Å². The van der Waals surface area contributed by atoms with E-state index in [-0.39, 0.29) is 5.69 Å². The van der Waals surface area contributed by atoms with Crippen molar-refractivity contribution in [3.63, 3.8) is 0 Å². The van der Waals surface area contributed by atoms with Crippen molar-refractivity contribution in [3.8, 4) is 11.3 Å². The average Bonchev–Trinajstić information content (AvgIpc) is 2.37. The Morgan fingerprint density at radius 1 is 1.11 bits per heavy atom. The van der Waals surface area contributed by atoms with Gasteiger partial charge in [0.15, 0.2) is 11.4 Å². The van der Waals surface area contributed by atoms with E-state index in [9.17, 15) is 9.59 Å². The summed E-state index contributed by atoms with van der Waals surface area (Å²) in [7, 11) is 0. The smallest absolute Gasteiger partial charge is 0.357 e. The fourth-order valence-electron chi connectivity index (χ4n) is 1.48. The van der Waals surface area contributed by atoms with Crippen LogP contribution in [0.3, 0.4) is 0 Å². The zero-order valence-corrected chi connectivity index (χ0v) is 10.1. The number of halogens is 1. The monoisotopic (exact) mass is 278 g/mol. The van der Waals surface area contributed by atoms with Gasteiger partial charge in [0.05, 0.1) is 11.9 Å². The maximum Gasteiger partial charge on any atom is 0.357 e. The molecule has 2 aromatic rings. The summed E-state index contributed by atoms with van der Waals surface area (Å²) in [6, 6.07) is 6.58. The van der Waals surface area contributed by atoms with Crippen LogP contribution in [0.5, 0.6) is 0 Å². The van der Waals surface area contributed by atoms with Crippen molar-refractivity contribution >= 4 is 23.5 Å². The number of aromatic carboxylic acids is 2. The molecule has 0 atom stereocenters. The number of benzene rings is 1. The molecular weight excluding hydrogens is 272 g/mol. The number of carbonyl (C=O) groups is 2. The molecule has 19 heavy (non-hydrogen) atoms. The zero-order valence-electron chi connectivity index (χ0n) is 9.37. The lowest BCUT2D eigenvalue weighted by Crippen LogP contribution is -2.13. The number of nitrogens with zero attached hydrogens (tertiary/aromatic N) is 2. The van der Waals surface area contributed by atoms with Gasteiger partial charge in [-0.1, -0.05) is 23.7 Å². The molecule has 0 saturated carbocycles. The van der Waals surface area contributed by atoms with Crippen LogP contribution in [0, 0.1) is 0 Å². The quantitative estimate of drug-likeness (QED) is 0.892. The first-order chi connectivity index (χ1) is 8.99. The van der Waals surface area contributed by atoms with E-state index in [1.54, 1.807) is 24.3 Å². The minimum Gasteiger partial charge on any atom is -0.476 e. The molecule has 0 aliphatic rings. The molecule has 0 aliphatic carbocycles. The van der Waals surface area contributed by atoms with Gasteiger partial charge >= 0.3 is 11.9 Å². The lowest BCUT2D eigenvalue weighted by molar-refractivity contribution is 0.0641. The maximum absolute atomic E-state index is 11.0. The molecule has 0 amide bonds. The van der Waals surface area contributed by atoms with Crippen molar-refractivity contribution in [2.24, 2.45) is 0 Å². The maximum atomic E-state index is 11.0. The Morgan fingerprint density at radius 3 is 2.37 bits per heavy atom. The number of aromatic nitrogens is 2. The Labute approximate surface area is 112 Å². The van der Waals surface area contributed by atoms with Crippen LogP contribution in [0.4, 0.5) is 0 Å². The summed E-state index contributed by atoms with van der Waals surface area (Å²) in [5, 5.41) is 18.2. The third-order valence-electron chi connectivity index (χ3n) is 2.30. The second kappa shape index (κ2) is 5.03. The molecule has 96 valence electrons. The zero-order chi connectivity index (χ0) is 14.0. The lowest BCUT2D eigenvalue weighted by atomic mass is 10.1. The van der Waals surface area contributed by atoms with Crippen LogP contribution in [0.25, 0.3) is 11.3 Å². The molecule has 2 N–H and O–H groups in total. The second-order valence-electron chi connectivity index (χ2n) is 3.57. The molecular formula is C12H7ClN2O4. The minimum atomic E-state index is -1.45. The summed E-state index contributed by atoms with van der Waals surface area (Å²) >= 11 is 5.82. The Hall–Kier alpha value is -2.47. The van der Waals surface area contributed by atoms with E-state index >= 15 is 0 Å². The van der Waals surface area contributed by atoms with Crippen LogP contribution in [0.1, 0.15) is 21.0 Å². The summed E-state index contributed by atoms with van der Waals surface area (Å²) in [6.07, 6.45) is 1.20. The van der Waals surface area contributed by atoms with Crippen LogP contribution in [0.15, 0.2) is 30.5 Å². The van der Waals surface area contributed by atoms with Crippen LogP contribution < -0.4 is 0 Å². The lowest BCUT2D eigenvalue weighted by Gasteiger charge is -2.04. The van der Waals surface area contributed by atoms with Gasteiger partial charge in [-0.15, -0.1) is 0 Å². The Balaban J connectivity index is 2.58. The first kappa shape index (κ1) is 13.0. The van der Waals surface area contributed by atoms with Gasteiger partial charge in [-0.2, -0.15) is 0 Å². The predicted molar refractivity (Wildman–Crippen MR) is 66.4 cm³/mol. The highest BCUT2D eigenvalue weighted by atomic mass is 35.5. The molecule has 6 nitrogen and oxygen atoms in total. The molecule has 0 fully saturated rings. The van der Waals surface area contributed by atoms with Gasteiger partial charge in [0, 0.05) is 10.6 Å². The fourth-order valence-corrected chi connectivity index (χ4v) is 1.67. The molecule has 1 aromatic heterocycles. The highest BCUT2D eigenvalue weighted by Crippen LogP contribution is 2.21. The summed E-state index contributed by atoms with van der Waals surface area (Å²) in [5.74, 6) is -2.89. The third kappa shape index (κ3) is 2.69. The van der Waals surface area contributed by atoms with Crippen molar-refractivity contribution in [3.05, 3.63) is 46.9 Å². The summed E-state index contributed by atoms with van der Waals surface area (Å²) in [6.45, 7) is 0. The normalized spacial score (nSPS) is 10.2. The van der Waals surface area contributed by atoms with Crippen LogP contribution >= 0.6 is 11.6 Å². The van der Waals surface area contributed by atoms with E-state index in [2.05, 4.69) is 9.97 Å². The summed E-state index contributed by atoms with van der Waals surface area (Å²) in [4.78, 5) is 29.2. The molecule has 0 saturated heterocycles. The molecule has 0 unspecified atom stereocenters.